The predicted octanol–water partition coefficient (Wildman–Crippen LogP) is 2.70. The number of nitrogens with zero attached hydrogens (tertiary/aromatic N) is 7. The third kappa shape index (κ3) is 3.32. The number of hydrogen-bond acceptors (Lipinski definition) is 7. The van der Waals surface area contributed by atoms with Gasteiger partial charge in [-0.05, 0) is 31.0 Å². The summed E-state index contributed by atoms with van der Waals surface area (Å²) in [4.78, 5) is 10.9. The van der Waals surface area contributed by atoms with Crippen LogP contribution in [0.4, 0.5) is 20.5 Å². The molecule has 11 heteroatoms. The number of piperidine rings is 1. The molecule has 5 heterocycles. The second kappa shape index (κ2) is 7.09. The summed E-state index contributed by atoms with van der Waals surface area (Å²) in [6.07, 6.45) is 7.02. The lowest BCUT2D eigenvalue weighted by Gasteiger charge is -2.45. The smallest absolute Gasteiger partial charge is 0.251 e. The fraction of sp³-hybridized carbons (Fsp3) is 0.429. The van der Waals surface area contributed by atoms with Crippen molar-refractivity contribution in [1.82, 2.24) is 34.1 Å². The number of imidazole rings is 1. The standard InChI is InChI=1S/C21H23F2N9/c22-21(23)11-14(12-21)30-7-3-13(4-8-30)26-20-27-19(24)18-15(5-9-32(18)29-20)16-1-2-17-25-6-10-31(17)28-16/h1-2,5-6,9-10,13-14H,3-4,7-8,11-12H2,(H3,24,26,27,29). The first-order valence-electron chi connectivity index (χ1n) is 10.8. The van der Waals surface area contributed by atoms with E-state index in [-0.39, 0.29) is 24.9 Å². The Bertz CT molecular complexity index is 1280. The van der Waals surface area contributed by atoms with Crippen LogP contribution >= 0.6 is 0 Å². The summed E-state index contributed by atoms with van der Waals surface area (Å²) in [5.74, 6) is -1.65. The number of hydrogen-bond donors (Lipinski definition) is 2. The molecule has 1 aliphatic carbocycles. The average Bonchev–Trinajstić information content (AvgIpc) is 3.39. The number of halogens is 2. The minimum Gasteiger partial charge on any atom is -0.382 e. The van der Waals surface area contributed by atoms with E-state index in [1.807, 2.05) is 24.4 Å². The first-order chi connectivity index (χ1) is 15.4. The maximum Gasteiger partial charge on any atom is 0.251 e. The lowest BCUT2D eigenvalue weighted by Crippen LogP contribution is -2.54. The number of anilines is 2. The molecule has 0 spiro atoms. The number of alkyl halides is 2. The average molecular weight is 439 g/mol. The maximum absolute atomic E-state index is 13.2. The third-order valence-electron chi connectivity index (χ3n) is 6.52. The number of nitrogens with two attached hydrogens (primary N) is 1. The Balaban J connectivity index is 1.18. The van der Waals surface area contributed by atoms with Crippen LogP contribution < -0.4 is 11.1 Å². The molecule has 3 N–H and O–H groups in total. The van der Waals surface area contributed by atoms with Gasteiger partial charge in [0.1, 0.15) is 5.52 Å². The first-order valence-corrected chi connectivity index (χ1v) is 10.8. The van der Waals surface area contributed by atoms with Crippen LogP contribution in [0.2, 0.25) is 0 Å². The topological polar surface area (TPSA) is 102 Å². The number of nitrogen functional groups attached to an aromatic ring is 1. The molecule has 0 radical (unpaired) electrons. The minimum absolute atomic E-state index is 0.0139. The molecule has 0 unspecified atom stereocenters. The molecular formula is C21H23F2N9. The van der Waals surface area contributed by atoms with Crippen molar-refractivity contribution in [2.24, 2.45) is 0 Å². The van der Waals surface area contributed by atoms with E-state index < -0.39 is 5.92 Å². The van der Waals surface area contributed by atoms with E-state index in [0.717, 1.165) is 42.8 Å². The van der Waals surface area contributed by atoms with Gasteiger partial charge in [-0.25, -0.2) is 22.8 Å². The molecular weight excluding hydrogens is 416 g/mol. The van der Waals surface area contributed by atoms with E-state index in [0.29, 0.717) is 17.3 Å². The molecule has 1 saturated heterocycles. The number of fused-ring (bicyclic) bond motifs is 2. The third-order valence-corrected chi connectivity index (χ3v) is 6.52. The highest BCUT2D eigenvalue weighted by atomic mass is 19.3. The number of rotatable bonds is 4. The molecule has 0 bridgehead atoms. The second-order valence-corrected chi connectivity index (χ2v) is 8.66. The number of aromatic nitrogens is 6. The summed E-state index contributed by atoms with van der Waals surface area (Å²) in [7, 11) is 0. The monoisotopic (exact) mass is 439 g/mol. The van der Waals surface area contributed by atoms with Gasteiger partial charge >= 0.3 is 0 Å². The summed E-state index contributed by atoms with van der Waals surface area (Å²) in [5.41, 5.74) is 9.37. The highest BCUT2D eigenvalue weighted by molar-refractivity contribution is 5.86. The summed E-state index contributed by atoms with van der Waals surface area (Å²) in [5, 5.41) is 12.5. The zero-order valence-electron chi connectivity index (χ0n) is 17.3. The zero-order valence-corrected chi connectivity index (χ0v) is 17.3. The molecule has 2 fully saturated rings. The van der Waals surface area contributed by atoms with Gasteiger partial charge in [0.25, 0.3) is 5.92 Å². The van der Waals surface area contributed by atoms with Gasteiger partial charge in [0, 0.05) is 62.2 Å². The van der Waals surface area contributed by atoms with E-state index in [1.54, 1.807) is 21.4 Å². The van der Waals surface area contributed by atoms with Crippen LogP contribution in [0.15, 0.2) is 36.8 Å². The Kier molecular flexibility index (Phi) is 4.29. The van der Waals surface area contributed by atoms with Gasteiger partial charge in [-0.2, -0.15) is 10.1 Å². The van der Waals surface area contributed by atoms with Crippen molar-refractivity contribution in [1.29, 1.82) is 0 Å². The SMILES string of the molecule is Nc1nc(NC2CCN(C3CC(F)(F)C3)CC2)nn2ccc(-c3ccc4nccn4n3)c12. The van der Waals surface area contributed by atoms with Gasteiger partial charge in [-0.15, -0.1) is 5.10 Å². The van der Waals surface area contributed by atoms with Gasteiger partial charge in [0.05, 0.1) is 5.69 Å². The van der Waals surface area contributed by atoms with E-state index >= 15 is 0 Å². The van der Waals surface area contributed by atoms with Gasteiger partial charge in [0.15, 0.2) is 11.5 Å². The van der Waals surface area contributed by atoms with E-state index in [4.69, 9.17) is 5.73 Å². The molecule has 1 aliphatic heterocycles. The molecule has 0 aromatic carbocycles. The Labute approximate surface area is 182 Å². The van der Waals surface area contributed by atoms with Crippen LogP contribution in [0.5, 0.6) is 0 Å². The minimum atomic E-state index is -2.48. The molecule has 166 valence electrons. The molecule has 0 atom stereocenters. The van der Waals surface area contributed by atoms with Crippen molar-refractivity contribution >= 4 is 22.9 Å². The van der Waals surface area contributed by atoms with Crippen molar-refractivity contribution in [3.8, 4) is 11.3 Å². The van der Waals surface area contributed by atoms with Crippen molar-refractivity contribution in [3.63, 3.8) is 0 Å². The van der Waals surface area contributed by atoms with Gasteiger partial charge in [-0.3, -0.25) is 4.90 Å². The molecule has 4 aromatic rings. The Morgan fingerprint density at radius 2 is 1.84 bits per heavy atom. The van der Waals surface area contributed by atoms with E-state index in [1.165, 1.54) is 0 Å². The van der Waals surface area contributed by atoms with Crippen LogP contribution in [-0.4, -0.2) is 65.2 Å². The number of likely N-dealkylation sites (tertiary alicyclic amines) is 1. The lowest BCUT2D eigenvalue weighted by molar-refractivity contribution is -0.127. The van der Waals surface area contributed by atoms with Gasteiger partial charge in [0.2, 0.25) is 5.95 Å². The Hall–Kier alpha value is -3.34. The normalized spacial score (nSPS) is 20.1. The van der Waals surface area contributed by atoms with Crippen LogP contribution in [0.3, 0.4) is 0 Å². The quantitative estimate of drug-likeness (QED) is 0.504. The maximum atomic E-state index is 13.2. The summed E-state index contributed by atoms with van der Waals surface area (Å²) in [6, 6.07) is 5.92. The molecule has 6 rings (SSSR count). The van der Waals surface area contributed by atoms with Crippen molar-refractivity contribution < 1.29 is 8.78 Å². The molecule has 1 saturated carbocycles. The fourth-order valence-electron chi connectivity index (χ4n) is 4.76. The van der Waals surface area contributed by atoms with Crippen molar-refractivity contribution in [2.75, 3.05) is 24.1 Å². The largest absolute Gasteiger partial charge is 0.382 e. The Morgan fingerprint density at radius 1 is 1.03 bits per heavy atom. The van der Waals surface area contributed by atoms with Crippen LogP contribution in [0.25, 0.3) is 22.4 Å². The Morgan fingerprint density at radius 3 is 2.62 bits per heavy atom. The first kappa shape index (κ1) is 19.4. The highest BCUT2D eigenvalue weighted by Crippen LogP contribution is 2.41. The highest BCUT2D eigenvalue weighted by Gasteiger charge is 2.48. The number of nitrogens with one attached hydrogen (secondary N) is 1. The van der Waals surface area contributed by atoms with E-state index in [9.17, 15) is 8.78 Å². The van der Waals surface area contributed by atoms with Gasteiger partial charge < -0.3 is 11.1 Å². The summed E-state index contributed by atoms with van der Waals surface area (Å²) in [6.45, 7) is 1.60. The zero-order chi connectivity index (χ0) is 21.9. The van der Waals surface area contributed by atoms with E-state index in [2.05, 4.69) is 30.4 Å². The second-order valence-electron chi connectivity index (χ2n) is 8.66. The molecule has 0 amide bonds. The summed E-state index contributed by atoms with van der Waals surface area (Å²) < 4.78 is 29.7. The van der Waals surface area contributed by atoms with Crippen LogP contribution in [0.1, 0.15) is 25.7 Å². The summed E-state index contributed by atoms with van der Waals surface area (Å²) >= 11 is 0. The predicted molar refractivity (Wildman–Crippen MR) is 116 cm³/mol. The fourth-order valence-corrected chi connectivity index (χ4v) is 4.76. The lowest BCUT2D eigenvalue weighted by atomic mass is 9.85. The molecule has 32 heavy (non-hydrogen) atoms. The molecule has 4 aromatic heterocycles. The van der Waals surface area contributed by atoms with Crippen molar-refractivity contribution in [3.05, 3.63) is 36.8 Å². The van der Waals surface area contributed by atoms with Gasteiger partial charge in [-0.1, -0.05) is 0 Å². The molecule has 2 aliphatic rings. The van der Waals surface area contributed by atoms with Crippen molar-refractivity contribution in [2.45, 2.75) is 43.7 Å². The van der Waals surface area contributed by atoms with Crippen LogP contribution in [-0.2, 0) is 0 Å². The van der Waals surface area contributed by atoms with Crippen LogP contribution in [0, 0.1) is 0 Å². The molecule has 9 nitrogen and oxygen atoms in total.